The van der Waals surface area contributed by atoms with Crippen molar-refractivity contribution in [2.24, 2.45) is 0 Å². The molecule has 1 aromatic heterocycles. The number of fused-ring (bicyclic) bond motifs is 1. The van der Waals surface area contributed by atoms with E-state index < -0.39 is 5.25 Å². The summed E-state index contributed by atoms with van der Waals surface area (Å²) in [5.41, 5.74) is 4.58. The molecule has 2 amide bonds. The molecule has 31 heavy (non-hydrogen) atoms. The number of aryl methyl sites for hydroxylation is 1. The number of aromatic nitrogens is 2. The topological polar surface area (TPSA) is 67.2 Å². The van der Waals surface area contributed by atoms with E-state index >= 15 is 0 Å². The van der Waals surface area contributed by atoms with E-state index in [9.17, 15) is 9.59 Å². The average molecular weight is 455 g/mol. The Hall–Kier alpha value is -2.77. The summed E-state index contributed by atoms with van der Waals surface area (Å²) < 4.78 is 1.90. The summed E-state index contributed by atoms with van der Waals surface area (Å²) in [4.78, 5) is 28.0. The molecule has 1 atom stereocenters. The Morgan fingerprint density at radius 1 is 1.23 bits per heavy atom. The van der Waals surface area contributed by atoms with E-state index in [0.717, 1.165) is 27.5 Å². The molecule has 4 rings (SSSR count). The van der Waals surface area contributed by atoms with Crippen LogP contribution in [0, 0.1) is 13.8 Å². The average Bonchev–Trinajstić information content (AvgIpc) is 3.03. The van der Waals surface area contributed by atoms with Gasteiger partial charge < -0.3 is 10.2 Å². The van der Waals surface area contributed by atoms with Gasteiger partial charge in [0.05, 0.1) is 22.3 Å². The maximum absolute atomic E-state index is 12.9. The predicted molar refractivity (Wildman–Crippen MR) is 124 cm³/mol. The maximum atomic E-state index is 12.9. The maximum Gasteiger partial charge on any atom is 0.238 e. The number of hydrogen-bond donors (Lipinski definition) is 1. The second-order valence-corrected chi connectivity index (χ2v) is 9.27. The monoisotopic (exact) mass is 454 g/mol. The predicted octanol–water partition coefficient (Wildman–Crippen LogP) is 4.60. The van der Waals surface area contributed by atoms with Crippen LogP contribution in [0.25, 0.3) is 5.69 Å². The number of rotatable bonds is 5. The quantitative estimate of drug-likeness (QED) is 0.611. The van der Waals surface area contributed by atoms with E-state index in [2.05, 4.69) is 10.4 Å². The number of para-hydroxylation sites is 1. The molecule has 0 radical (unpaired) electrons. The highest BCUT2D eigenvalue weighted by Gasteiger charge is 2.30. The van der Waals surface area contributed by atoms with E-state index in [1.807, 2.05) is 54.9 Å². The first-order valence-corrected chi connectivity index (χ1v) is 11.2. The molecule has 3 aromatic rings. The number of carbonyl (C=O) groups excluding carboxylic acids is 2. The molecular weight excluding hydrogens is 432 g/mol. The van der Waals surface area contributed by atoms with E-state index in [1.54, 1.807) is 24.1 Å². The molecule has 1 aliphatic rings. The highest BCUT2D eigenvalue weighted by molar-refractivity contribution is 8.01. The van der Waals surface area contributed by atoms with Crippen molar-refractivity contribution in [2.45, 2.75) is 37.0 Å². The van der Waals surface area contributed by atoms with Crippen molar-refractivity contribution in [3.05, 3.63) is 70.5 Å². The Morgan fingerprint density at radius 2 is 1.97 bits per heavy atom. The minimum atomic E-state index is -0.474. The molecule has 1 N–H and O–H groups in total. The van der Waals surface area contributed by atoms with E-state index in [1.165, 1.54) is 11.8 Å². The van der Waals surface area contributed by atoms with Gasteiger partial charge in [0.2, 0.25) is 11.8 Å². The lowest BCUT2D eigenvalue weighted by molar-refractivity contribution is -0.131. The van der Waals surface area contributed by atoms with Gasteiger partial charge in [0.1, 0.15) is 0 Å². The molecule has 0 fully saturated rings. The first kappa shape index (κ1) is 21.5. The van der Waals surface area contributed by atoms with Gasteiger partial charge in [0, 0.05) is 41.2 Å². The molecule has 0 bridgehead atoms. The summed E-state index contributed by atoms with van der Waals surface area (Å²) in [6, 6.07) is 15.3. The molecule has 2 aromatic carbocycles. The van der Waals surface area contributed by atoms with Crippen LogP contribution in [0.1, 0.15) is 23.4 Å². The summed E-state index contributed by atoms with van der Waals surface area (Å²) in [5.74, 6) is -0.262. The minimum Gasteiger partial charge on any atom is -0.341 e. The Kier molecular flexibility index (Phi) is 6.07. The van der Waals surface area contributed by atoms with Gasteiger partial charge in [-0.25, -0.2) is 4.68 Å². The highest BCUT2D eigenvalue weighted by atomic mass is 35.5. The third kappa shape index (κ3) is 4.48. The third-order valence-electron chi connectivity index (χ3n) is 5.38. The van der Waals surface area contributed by atoms with Crippen LogP contribution in [-0.2, 0) is 16.1 Å². The van der Waals surface area contributed by atoms with Crippen LogP contribution in [0.3, 0.4) is 0 Å². The largest absolute Gasteiger partial charge is 0.341 e. The van der Waals surface area contributed by atoms with Crippen LogP contribution >= 0.6 is 23.4 Å². The van der Waals surface area contributed by atoms with Crippen LogP contribution in [0.15, 0.2) is 53.4 Å². The minimum absolute atomic E-state index is 0.0867. The zero-order valence-electron chi connectivity index (χ0n) is 17.6. The number of nitrogens with zero attached hydrogens (tertiary/aromatic N) is 3. The fraction of sp³-hybridized carbons (Fsp3) is 0.261. The van der Waals surface area contributed by atoms with Gasteiger partial charge >= 0.3 is 0 Å². The third-order valence-corrected chi connectivity index (χ3v) is 6.89. The summed E-state index contributed by atoms with van der Waals surface area (Å²) in [6.07, 6.45) is 0.125. The van der Waals surface area contributed by atoms with Crippen molar-refractivity contribution in [1.82, 2.24) is 14.7 Å². The molecular formula is C23H23ClN4O2S. The van der Waals surface area contributed by atoms with E-state index in [4.69, 9.17) is 11.6 Å². The first-order chi connectivity index (χ1) is 14.8. The molecule has 0 saturated carbocycles. The van der Waals surface area contributed by atoms with Crippen molar-refractivity contribution in [2.75, 3.05) is 12.4 Å². The SMILES string of the molecule is Cc1nn(-c2ccccc2)c(C)c1CN(C)C(=O)CC1Sc2ccc(Cl)cc2NC1=O. The Morgan fingerprint density at radius 3 is 2.71 bits per heavy atom. The molecule has 2 heterocycles. The number of anilines is 1. The number of benzene rings is 2. The van der Waals surface area contributed by atoms with Gasteiger partial charge in [-0.2, -0.15) is 5.10 Å². The van der Waals surface area contributed by atoms with Crippen LogP contribution in [0.4, 0.5) is 5.69 Å². The molecule has 0 aliphatic carbocycles. The molecule has 6 nitrogen and oxygen atoms in total. The van der Waals surface area contributed by atoms with Crippen molar-refractivity contribution in [1.29, 1.82) is 0 Å². The summed E-state index contributed by atoms with van der Waals surface area (Å²) >= 11 is 7.40. The Balaban J connectivity index is 1.45. The number of amides is 2. The first-order valence-electron chi connectivity index (χ1n) is 9.95. The van der Waals surface area contributed by atoms with Gasteiger partial charge in [-0.15, -0.1) is 11.8 Å². The molecule has 1 unspecified atom stereocenters. The summed E-state index contributed by atoms with van der Waals surface area (Å²) in [6.45, 7) is 4.40. The van der Waals surface area contributed by atoms with Crippen molar-refractivity contribution >= 4 is 40.9 Å². The second kappa shape index (κ2) is 8.77. The zero-order valence-corrected chi connectivity index (χ0v) is 19.1. The highest BCUT2D eigenvalue weighted by Crippen LogP contribution is 2.38. The van der Waals surface area contributed by atoms with Crippen LogP contribution < -0.4 is 5.32 Å². The second-order valence-electron chi connectivity index (χ2n) is 7.59. The lowest BCUT2D eigenvalue weighted by Crippen LogP contribution is -2.35. The molecule has 0 spiro atoms. The van der Waals surface area contributed by atoms with Crippen LogP contribution in [-0.4, -0.2) is 38.8 Å². The van der Waals surface area contributed by atoms with Crippen molar-refractivity contribution < 1.29 is 9.59 Å². The summed E-state index contributed by atoms with van der Waals surface area (Å²) in [5, 5.41) is 7.60. The van der Waals surface area contributed by atoms with Gasteiger partial charge in [-0.3, -0.25) is 9.59 Å². The number of hydrogen-bond acceptors (Lipinski definition) is 4. The van der Waals surface area contributed by atoms with Crippen molar-refractivity contribution in [3.63, 3.8) is 0 Å². The fourth-order valence-corrected chi connectivity index (χ4v) is 4.88. The van der Waals surface area contributed by atoms with Crippen molar-refractivity contribution in [3.8, 4) is 5.69 Å². The van der Waals surface area contributed by atoms with Gasteiger partial charge in [0.15, 0.2) is 0 Å². The molecule has 8 heteroatoms. The van der Waals surface area contributed by atoms with Crippen LogP contribution in [0.5, 0.6) is 0 Å². The number of nitrogens with one attached hydrogen (secondary N) is 1. The van der Waals surface area contributed by atoms with E-state index in [-0.39, 0.29) is 18.2 Å². The smallest absolute Gasteiger partial charge is 0.238 e. The molecule has 160 valence electrons. The Labute approximate surface area is 190 Å². The standard InChI is InChI=1S/C23H23ClN4O2S/c1-14-18(15(2)28(26-14)17-7-5-4-6-8-17)13-27(3)22(29)12-21-23(30)25-19-11-16(24)9-10-20(19)31-21/h4-11,21H,12-13H2,1-3H3,(H,25,30). The van der Waals surface area contributed by atoms with Gasteiger partial charge in [-0.1, -0.05) is 29.8 Å². The van der Waals surface area contributed by atoms with Crippen LogP contribution in [0.2, 0.25) is 5.02 Å². The van der Waals surface area contributed by atoms with E-state index in [0.29, 0.717) is 17.3 Å². The zero-order chi connectivity index (χ0) is 22.1. The fourth-order valence-electron chi connectivity index (χ4n) is 3.62. The Bertz CT molecular complexity index is 1150. The lowest BCUT2D eigenvalue weighted by atomic mass is 10.1. The number of carbonyl (C=O) groups is 2. The number of halogens is 1. The van der Waals surface area contributed by atoms with Gasteiger partial charge in [-0.05, 0) is 44.2 Å². The van der Waals surface area contributed by atoms with Gasteiger partial charge in [0.25, 0.3) is 0 Å². The molecule has 1 aliphatic heterocycles. The summed E-state index contributed by atoms with van der Waals surface area (Å²) in [7, 11) is 1.76. The molecule has 0 saturated heterocycles. The lowest BCUT2D eigenvalue weighted by Gasteiger charge is -2.26. The normalized spacial score (nSPS) is 15.4. The number of thioether (sulfide) groups is 1.